The van der Waals surface area contributed by atoms with E-state index in [2.05, 4.69) is 35.7 Å². The van der Waals surface area contributed by atoms with Crippen molar-refractivity contribution in [1.29, 1.82) is 0 Å². The van der Waals surface area contributed by atoms with Gasteiger partial charge in [0.25, 0.3) is 0 Å². The van der Waals surface area contributed by atoms with E-state index in [1.807, 2.05) is 47.4 Å². The fraction of sp³-hybridized carbons (Fsp3) is 0.250. The molecule has 8 heteroatoms. The van der Waals surface area contributed by atoms with Gasteiger partial charge < -0.3 is 19.6 Å². The minimum Gasteiger partial charge on any atom is -0.507 e. The van der Waals surface area contributed by atoms with Gasteiger partial charge in [-0.05, 0) is 59.9 Å². The van der Waals surface area contributed by atoms with Crippen LogP contribution in [0.5, 0.6) is 17.2 Å². The summed E-state index contributed by atoms with van der Waals surface area (Å²) in [5, 5.41) is 10.7. The molecule has 0 aliphatic heterocycles. The molecule has 0 saturated carbocycles. The van der Waals surface area contributed by atoms with E-state index < -0.39 is 0 Å². The van der Waals surface area contributed by atoms with E-state index in [1.54, 1.807) is 36.8 Å². The lowest BCUT2D eigenvalue weighted by atomic mass is 9.93. The predicted molar refractivity (Wildman–Crippen MR) is 152 cm³/mol. The van der Waals surface area contributed by atoms with Gasteiger partial charge in [-0.2, -0.15) is 4.57 Å². The Morgan fingerprint density at radius 2 is 1.82 bits per heavy atom. The maximum Gasteiger partial charge on any atom is 0.247 e. The van der Waals surface area contributed by atoms with Crippen LogP contribution in [0.25, 0.3) is 28.2 Å². The summed E-state index contributed by atoms with van der Waals surface area (Å²) in [5.74, 6) is 1.26. The highest BCUT2D eigenvalue weighted by Crippen LogP contribution is 2.34. The van der Waals surface area contributed by atoms with E-state index in [4.69, 9.17) is 9.47 Å². The molecule has 0 atom stereocenters. The molecule has 0 amide bonds. The SMILES string of the molecule is CC(C)(C)CCOc1ccc(O)c(-c2c[nH]c[n+]2-c2ccc(OCCc3ccccc3F)c(-c3cnc[nH]3)c2)c1. The fourth-order valence-electron chi connectivity index (χ4n) is 4.42. The Morgan fingerprint density at radius 1 is 0.975 bits per heavy atom. The predicted octanol–water partition coefficient (Wildman–Crippen LogP) is 6.63. The maximum atomic E-state index is 14.1. The van der Waals surface area contributed by atoms with Gasteiger partial charge in [0.15, 0.2) is 5.69 Å². The molecule has 0 fully saturated rings. The summed E-state index contributed by atoms with van der Waals surface area (Å²) < 4.78 is 28.1. The van der Waals surface area contributed by atoms with Crippen LogP contribution in [0.2, 0.25) is 0 Å². The average molecular weight is 542 g/mol. The Labute approximate surface area is 233 Å². The number of ether oxygens (including phenoxy) is 2. The molecule has 3 N–H and O–H groups in total. The molecule has 0 aliphatic carbocycles. The van der Waals surface area contributed by atoms with Crippen molar-refractivity contribution in [3.05, 3.63) is 97.1 Å². The summed E-state index contributed by atoms with van der Waals surface area (Å²) in [5.41, 5.74) is 4.64. The van der Waals surface area contributed by atoms with Crippen molar-refractivity contribution in [2.45, 2.75) is 33.6 Å². The number of benzene rings is 3. The van der Waals surface area contributed by atoms with E-state index >= 15 is 0 Å². The third-order valence-corrected chi connectivity index (χ3v) is 6.66. The monoisotopic (exact) mass is 541 g/mol. The summed E-state index contributed by atoms with van der Waals surface area (Å²) in [6, 6.07) is 17.8. The van der Waals surface area contributed by atoms with Crippen molar-refractivity contribution in [1.82, 2.24) is 15.0 Å². The lowest BCUT2D eigenvalue weighted by Crippen LogP contribution is -2.30. The van der Waals surface area contributed by atoms with Gasteiger partial charge in [0.1, 0.15) is 34.9 Å². The van der Waals surface area contributed by atoms with E-state index in [0.717, 1.165) is 29.1 Å². The molecule has 2 aromatic heterocycles. The Kier molecular flexibility index (Phi) is 7.86. The molecule has 0 bridgehead atoms. The standard InChI is InChI=1S/C32H33FN4O3/c1-32(2,3)13-15-39-24-9-10-30(38)26(17-24)29-19-35-21-37(29)23-8-11-31(25(16-23)28-18-34-20-36-28)40-14-12-22-6-4-5-7-27(22)33/h4-11,16-21H,12-15H2,1-3H3,(H2,34,36,38)/p+1. The molecular formula is C32H34FN4O3+. The van der Waals surface area contributed by atoms with Crippen molar-refractivity contribution in [3.63, 3.8) is 0 Å². The first kappa shape index (κ1) is 27.0. The van der Waals surface area contributed by atoms with Crippen molar-refractivity contribution in [3.8, 4) is 45.5 Å². The fourth-order valence-corrected chi connectivity index (χ4v) is 4.42. The van der Waals surface area contributed by atoms with E-state index in [9.17, 15) is 9.50 Å². The van der Waals surface area contributed by atoms with E-state index in [0.29, 0.717) is 42.3 Å². The molecule has 7 nitrogen and oxygen atoms in total. The largest absolute Gasteiger partial charge is 0.507 e. The molecule has 2 heterocycles. The van der Waals surface area contributed by atoms with Crippen LogP contribution < -0.4 is 14.0 Å². The molecule has 5 rings (SSSR count). The molecule has 0 saturated heterocycles. The average Bonchev–Trinajstić information content (AvgIpc) is 3.63. The summed E-state index contributed by atoms with van der Waals surface area (Å²) in [6.07, 6.45) is 8.37. The number of aromatic amines is 2. The number of H-pyrrole nitrogens is 2. The number of nitrogens with one attached hydrogen (secondary N) is 2. The minimum absolute atomic E-state index is 0.151. The number of phenolic OH excluding ortho intramolecular Hbond substituents is 1. The second kappa shape index (κ2) is 11.7. The van der Waals surface area contributed by atoms with Crippen LogP contribution in [0.4, 0.5) is 4.39 Å². The second-order valence-corrected chi connectivity index (χ2v) is 10.9. The smallest absolute Gasteiger partial charge is 0.247 e. The molecule has 0 spiro atoms. The second-order valence-electron chi connectivity index (χ2n) is 10.9. The van der Waals surface area contributed by atoms with Crippen LogP contribution >= 0.6 is 0 Å². The quantitative estimate of drug-likeness (QED) is 0.173. The van der Waals surface area contributed by atoms with Gasteiger partial charge in [0.2, 0.25) is 6.33 Å². The number of imidazole rings is 2. The van der Waals surface area contributed by atoms with Crippen LogP contribution in [-0.4, -0.2) is 33.3 Å². The third-order valence-electron chi connectivity index (χ3n) is 6.66. The molecule has 5 aromatic rings. The minimum atomic E-state index is -0.237. The molecular weight excluding hydrogens is 507 g/mol. The molecule has 3 aromatic carbocycles. The zero-order valence-corrected chi connectivity index (χ0v) is 22.9. The van der Waals surface area contributed by atoms with E-state index in [-0.39, 0.29) is 17.0 Å². The van der Waals surface area contributed by atoms with Gasteiger partial charge in [-0.1, -0.05) is 39.0 Å². The Bertz CT molecular complexity index is 1570. The van der Waals surface area contributed by atoms with Crippen LogP contribution in [-0.2, 0) is 6.42 Å². The number of rotatable bonds is 10. The van der Waals surface area contributed by atoms with Gasteiger partial charge in [0.05, 0.1) is 37.0 Å². The van der Waals surface area contributed by atoms with E-state index in [1.165, 1.54) is 6.07 Å². The number of halogens is 1. The topological polar surface area (TPSA) is 87.0 Å². The highest BCUT2D eigenvalue weighted by Gasteiger charge is 2.21. The lowest BCUT2D eigenvalue weighted by molar-refractivity contribution is -0.582. The Balaban J connectivity index is 1.42. The summed E-state index contributed by atoms with van der Waals surface area (Å²) in [4.78, 5) is 10.5. The van der Waals surface area contributed by atoms with Crippen LogP contribution in [0, 0.1) is 11.2 Å². The summed E-state index contributed by atoms with van der Waals surface area (Å²) in [7, 11) is 0. The van der Waals surface area contributed by atoms with Gasteiger partial charge in [-0.25, -0.2) is 14.4 Å². The van der Waals surface area contributed by atoms with Crippen molar-refractivity contribution in [2.24, 2.45) is 5.41 Å². The van der Waals surface area contributed by atoms with Crippen molar-refractivity contribution in [2.75, 3.05) is 13.2 Å². The Morgan fingerprint density at radius 3 is 2.60 bits per heavy atom. The number of phenols is 1. The van der Waals surface area contributed by atoms with Crippen LogP contribution in [0.15, 0.2) is 85.7 Å². The zero-order chi connectivity index (χ0) is 28.1. The number of nitrogens with zero attached hydrogens (tertiary/aromatic N) is 2. The van der Waals surface area contributed by atoms with Gasteiger partial charge in [-0.3, -0.25) is 0 Å². The highest BCUT2D eigenvalue weighted by molar-refractivity contribution is 5.70. The summed E-state index contributed by atoms with van der Waals surface area (Å²) >= 11 is 0. The third kappa shape index (κ3) is 6.34. The van der Waals surface area contributed by atoms with Crippen LogP contribution in [0.1, 0.15) is 32.8 Å². The zero-order valence-electron chi connectivity index (χ0n) is 22.9. The normalized spacial score (nSPS) is 11.5. The van der Waals surface area contributed by atoms with Gasteiger partial charge in [-0.15, -0.1) is 0 Å². The molecule has 0 radical (unpaired) electrons. The first-order valence-electron chi connectivity index (χ1n) is 13.3. The number of hydrogen-bond acceptors (Lipinski definition) is 4. The first-order valence-corrected chi connectivity index (χ1v) is 13.3. The molecule has 0 aliphatic rings. The van der Waals surface area contributed by atoms with Crippen molar-refractivity contribution < 1.29 is 23.5 Å². The summed E-state index contributed by atoms with van der Waals surface area (Å²) in [6.45, 7) is 7.45. The molecule has 206 valence electrons. The maximum absolute atomic E-state index is 14.1. The Hall–Kier alpha value is -4.59. The van der Waals surface area contributed by atoms with Crippen molar-refractivity contribution >= 4 is 0 Å². The van der Waals surface area contributed by atoms with Gasteiger partial charge in [0, 0.05) is 12.0 Å². The van der Waals surface area contributed by atoms with Gasteiger partial charge >= 0.3 is 0 Å². The van der Waals surface area contributed by atoms with Crippen LogP contribution in [0.3, 0.4) is 0 Å². The number of hydrogen-bond donors (Lipinski definition) is 3. The first-order chi connectivity index (χ1) is 19.3. The molecule has 40 heavy (non-hydrogen) atoms. The number of aromatic nitrogens is 4. The number of aromatic hydroxyl groups is 1. The lowest BCUT2D eigenvalue weighted by Gasteiger charge is -2.18. The molecule has 0 unspecified atom stereocenters. The highest BCUT2D eigenvalue weighted by atomic mass is 19.1.